The van der Waals surface area contributed by atoms with Gasteiger partial charge in [-0.05, 0) is 11.6 Å². The molecular formula is C12H10ClFN2O. The number of hydrogen-bond donors (Lipinski definition) is 1. The van der Waals surface area contributed by atoms with Gasteiger partial charge in [0.05, 0.1) is 10.7 Å². The first-order chi connectivity index (χ1) is 8.08. The van der Waals surface area contributed by atoms with E-state index < -0.39 is 5.82 Å². The van der Waals surface area contributed by atoms with Gasteiger partial charge in [-0.3, -0.25) is 4.79 Å². The van der Waals surface area contributed by atoms with E-state index in [1.807, 2.05) is 0 Å². The molecule has 5 heteroatoms. The Balaban J connectivity index is 2.35. The highest BCUT2D eigenvalue weighted by atomic mass is 35.5. The standard InChI is InChI=1S/C12H10ClFN2O/c13-12-8(2-1-3-9(12)14)6-16-5-4-11(17)10(15)7-16/h1-5,7H,6,15H2. The van der Waals surface area contributed by atoms with Crippen LogP contribution in [-0.4, -0.2) is 4.57 Å². The number of rotatable bonds is 2. The maximum Gasteiger partial charge on any atom is 0.204 e. The molecule has 0 unspecified atom stereocenters. The van der Waals surface area contributed by atoms with Gasteiger partial charge in [-0.15, -0.1) is 0 Å². The molecule has 0 aliphatic carbocycles. The van der Waals surface area contributed by atoms with Gasteiger partial charge < -0.3 is 10.3 Å². The summed E-state index contributed by atoms with van der Waals surface area (Å²) in [6, 6.07) is 5.97. The van der Waals surface area contributed by atoms with Gasteiger partial charge in [-0.25, -0.2) is 4.39 Å². The van der Waals surface area contributed by atoms with Crippen molar-refractivity contribution in [3.63, 3.8) is 0 Å². The average Bonchev–Trinajstić information content (AvgIpc) is 2.30. The predicted octanol–water partition coefficient (Wildman–Crippen LogP) is 2.27. The van der Waals surface area contributed by atoms with Crippen LogP contribution in [-0.2, 0) is 6.54 Å². The number of aromatic nitrogens is 1. The second kappa shape index (κ2) is 4.59. The number of nitrogens with zero attached hydrogens (tertiary/aromatic N) is 1. The number of anilines is 1. The van der Waals surface area contributed by atoms with Gasteiger partial charge >= 0.3 is 0 Å². The van der Waals surface area contributed by atoms with E-state index >= 15 is 0 Å². The third-order valence-corrected chi connectivity index (χ3v) is 2.81. The number of nitrogen functional groups attached to an aromatic ring is 1. The molecule has 88 valence electrons. The molecule has 3 nitrogen and oxygen atoms in total. The first-order valence-electron chi connectivity index (χ1n) is 4.96. The van der Waals surface area contributed by atoms with Crippen LogP contribution in [0.4, 0.5) is 10.1 Å². The fourth-order valence-corrected chi connectivity index (χ4v) is 1.70. The molecule has 1 aromatic carbocycles. The van der Waals surface area contributed by atoms with Crippen molar-refractivity contribution in [3.05, 3.63) is 63.3 Å². The van der Waals surface area contributed by atoms with Crippen LogP contribution in [0.1, 0.15) is 5.56 Å². The van der Waals surface area contributed by atoms with E-state index in [1.165, 1.54) is 18.3 Å². The Labute approximate surface area is 102 Å². The summed E-state index contributed by atoms with van der Waals surface area (Å²) in [6.45, 7) is 0.362. The number of hydrogen-bond acceptors (Lipinski definition) is 2. The summed E-state index contributed by atoms with van der Waals surface area (Å²) in [7, 11) is 0. The topological polar surface area (TPSA) is 48.0 Å². The molecule has 0 atom stereocenters. The zero-order valence-corrected chi connectivity index (χ0v) is 9.62. The molecule has 0 aliphatic rings. The first-order valence-corrected chi connectivity index (χ1v) is 5.34. The number of pyridine rings is 1. The lowest BCUT2D eigenvalue weighted by Gasteiger charge is -2.09. The average molecular weight is 253 g/mol. The maximum atomic E-state index is 13.2. The minimum Gasteiger partial charge on any atom is -0.394 e. The zero-order valence-electron chi connectivity index (χ0n) is 8.86. The monoisotopic (exact) mass is 252 g/mol. The van der Waals surface area contributed by atoms with Crippen LogP contribution in [0.3, 0.4) is 0 Å². The Morgan fingerprint density at radius 1 is 1.35 bits per heavy atom. The van der Waals surface area contributed by atoms with Crippen molar-refractivity contribution in [2.75, 3.05) is 5.73 Å². The molecule has 0 bridgehead atoms. The molecule has 0 saturated carbocycles. The van der Waals surface area contributed by atoms with E-state index in [9.17, 15) is 9.18 Å². The van der Waals surface area contributed by atoms with Crippen LogP contribution in [0, 0.1) is 5.82 Å². The van der Waals surface area contributed by atoms with Crippen LogP contribution < -0.4 is 11.2 Å². The molecule has 2 aromatic rings. The minimum absolute atomic E-state index is 0.0878. The van der Waals surface area contributed by atoms with Gasteiger partial charge in [0.15, 0.2) is 0 Å². The normalized spacial score (nSPS) is 10.5. The van der Waals surface area contributed by atoms with E-state index in [4.69, 9.17) is 17.3 Å². The molecule has 2 N–H and O–H groups in total. The molecule has 0 saturated heterocycles. The lowest BCUT2D eigenvalue weighted by atomic mass is 10.2. The Kier molecular flexibility index (Phi) is 3.15. The van der Waals surface area contributed by atoms with Gasteiger partial charge in [0.2, 0.25) is 5.43 Å². The highest BCUT2D eigenvalue weighted by Gasteiger charge is 2.06. The van der Waals surface area contributed by atoms with Gasteiger partial charge in [-0.2, -0.15) is 0 Å². The molecule has 0 radical (unpaired) electrons. The number of halogens is 2. The lowest BCUT2D eigenvalue weighted by molar-refractivity contribution is 0.624. The second-order valence-electron chi connectivity index (χ2n) is 3.65. The predicted molar refractivity (Wildman–Crippen MR) is 65.6 cm³/mol. The SMILES string of the molecule is Nc1cn(Cc2cccc(F)c2Cl)ccc1=O. The lowest BCUT2D eigenvalue weighted by Crippen LogP contribution is -2.11. The van der Waals surface area contributed by atoms with E-state index in [0.717, 1.165) is 0 Å². The highest BCUT2D eigenvalue weighted by Crippen LogP contribution is 2.20. The van der Waals surface area contributed by atoms with Crippen molar-refractivity contribution in [1.82, 2.24) is 4.57 Å². The van der Waals surface area contributed by atoms with Crippen molar-refractivity contribution in [3.8, 4) is 0 Å². The molecule has 0 fully saturated rings. The van der Waals surface area contributed by atoms with Gasteiger partial charge in [0.1, 0.15) is 5.82 Å². The fourth-order valence-electron chi connectivity index (χ4n) is 1.51. The summed E-state index contributed by atoms with van der Waals surface area (Å²) < 4.78 is 14.9. The summed E-state index contributed by atoms with van der Waals surface area (Å²) in [5.41, 5.74) is 6.06. The summed E-state index contributed by atoms with van der Waals surface area (Å²) >= 11 is 5.83. The highest BCUT2D eigenvalue weighted by molar-refractivity contribution is 6.31. The van der Waals surface area contributed by atoms with E-state index in [2.05, 4.69) is 0 Å². The number of nitrogens with two attached hydrogens (primary N) is 1. The van der Waals surface area contributed by atoms with Crippen molar-refractivity contribution in [2.45, 2.75) is 6.54 Å². The quantitative estimate of drug-likeness (QED) is 0.891. The molecule has 0 aliphatic heterocycles. The van der Waals surface area contributed by atoms with Gasteiger partial charge in [0, 0.05) is 25.0 Å². The smallest absolute Gasteiger partial charge is 0.204 e. The molecular weight excluding hydrogens is 243 g/mol. The third-order valence-electron chi connectivity index (χ3n) is 2.39. The molecule has 0 spiro atoms. The second-order valence-corrected chi connectivity index (χ2v) is 4.03. The summed E-state index contributed by atoms with van der Waals surface area (Å²) in [4.78, 5) is 11.1. The molecule has 0 amide bonds. The Morgan fingerprint density at radius 2 is 2.12 bits per heavy atom. The van der Waals surface area contributed by atoms with Crippen molar-refractivity contribution in [1.29, 1.82) is 0 Å². The summed E-state index contributed by atoms with van der Waals surface area (Å²) in [5.74, 6) is -0.460. The summed E-state index contributed by atoms with van der Waals surface area (Å²) in [6.07, 6.45) is 3.09. The van der Waals surface area contributed by atoms with Crippen LogP contribution >= 0.6 is 11.6 Å². The molecule has 1 heterocycles. The maximum absolute atomic E-state index is 13.2. The Bertz CT molecular complexity index is 610. The van der Waals surface area contributed by atoms with Gasteiger partial charge in [-0.1, -0.05) is 23.7 Å². The third kappa shape index (κ3) is 2.47. The van der Waals surface area contributed by atoms with Crippen molar-refractivity contribution >= 4 is 17.3 Å². The van der Waals surface area contributed by atoms with E-state index in [-0.39, 0.29) is 16.1 Å². The van der Waals surface area contributed by atoms with Gasteiger partial charge in [0.25, 0.3) is 0 Å². The zero-order chi connectivity index (χ0) is 12.4. The van der Waals surface area contributed by atoms with Crippen LogP contribution in [0.2, 0.25) is 5.02 Å². The van der Waals surface area contributed by atoms with Crippen LogP contribution in [0.5, 0.6) is 0 Å². The fraction of sp³-hybridized carbons (Fsp3) is 0.0833. The summed E-state index contributed by atoms with van der Waals surface area (Å²) in [5, 5.41) is 0.0878. The molecule has 2 rings (SSSR count). The van der Waals surface area contributed by atoms with E-state index in [0.29, 0.717) is 12.1 Å². The largest absolute Gasteiger partial charge is 0.394 e. The van der Waals surface area contributed by atoms with E-state index in [1.54, 1.807) is 22.9 Å². The number of benzene rings is 1. The Morgan fingerprint density at radius 3 is 2.82 bits per heavy atom. The minimum atomic E-state index is -0.460. The van der Waals surface area contributed by atoms with Crippen LogP contribution in [0.25, 0.3) is 0 Å². The Hall–Kier alpha value is -1.81. The van der Waals surface area contributed by atoms with Crippen LogP contribution in [0.15, 0.2) is 41.5 Å². The molecule has 1 aromatic heterocycles. The van der Waals surface area contributed by atoms with Crippen molar-refractivity contribution < 1.29 is 4.39 Å². The first kappa shape index (κ1) is 11.7. The van der Waals surface area contributed by atoms with Crippen molar-refractivity contribution in [2.24, 2.45) is 0 Å². The molecule has 17 heavy (non-hydrogen) atoms.